The highest BCUT2D eigenvalue weighted by Gasteiger charge is 2.45. The van der Waals surface area contributed by atoms with E-state index in [0.717, 1.165) is 49.7 Å². The first-order chi connectivity index (χ1) is 11.0. The molecule has 134 valence electrons. The Morgan fingerprint density at radius 2 is 1.78 bits per heavy atom. The van der Waals surface area contributed by atoms with Gasteiger partial charge in [-0.2, -0.15) is 0 Å². The molecule has 2 aliphatic heterocycles. The topological polar surface area (TPSA) is 21.7 Å². The molecule has 3 nitrogen and oxygen atoms in total. The number of rotatable bonds is 4. The zero-order valence-electron chi connectivity index (χ0n) is 15.7. The molecule has 1 spiro atoms. The van der Waals surface area contributed by atoms with Crippen LogP contribution in [0.25, 0.3) is 0 Å². The van der Waals surface area contributed by atoms with Gasteiger partial charge < -0.3 is 14.4 Å². The molecular weight excluding hydrogens is 286 g/mol. The van der Waals surface area contributed by atoms with E-state index in [2.05, 4.69) is 32.6 Å². The van der Waals surface area contributed by atoms with E-state index >= 15 is 0 Å². The van der Waals surface area contributed by atoms with Crippen molar-refractivity contribution >= 4 is 0 Å². The smallest absolute Gasteiger partial charge is 0.168 e. The molecule has 3 aliphatic rings. The van der Waals surface area contributed by atoms with E-state index in [1.807, 2.05) is 0 Å². The number of ether oxygens (including phenoxy) is 2. The summed E-state index contributed by atoms with van der Waals surface area (Å²) in [5.74, 6) is 3.13. The van der Waals surface area contributed by atoms with Gasteiger partial charge in [0.1, 0.15) is 0 Å². The fraction of sp³-hybridized carbons (Fsp3) is 1.00. The molecule has 3 rings (SSSR count). The summed E-state index contributed by atoms with van der Waals surface area (Å²) in [4.78, 5) is 2.61. The minimum Gasteiger partial charge on any atom is -0.347 e. The molecule has 3 heteroatoms. The molecule has 3 fully saturated rings. The Labute approximate surface area is 143 Å². The predicted molar refractivity (Wildman–Crippen MR) is 94.4 cm³/mol. The van der Waals surface area contributed by atoms with E-state index in [1.165, 1.54) is 38.8 Å². The third kappa shape index (κ3) is 4.29. The minimum atomic E-state index is -0.234. The van der Waals surface area contributed by atoms with Crippen LogP contribution in [0.1, 0.15) is 66.2 Å². The van der Waals surface area contributed by atoms with Crippen molar-refractivity contribution in [3.63, 3.8) is 0 Å². The lowest BCUT2D eigenvalue weighted by Gasteiger charge is -2.39. The summed E-state index contributed by atoms with van der Waals surface area (Å²) in [7, 11) is 0. The third-order valence-electron chi connectivity index (χ3n) is 6.56. The van der Waals surface area contributed by atoms with Gasteiger partial charge in [0.25, 0.3) is 0 Å². The highest BCUT2D eigenvalue weighted by atomic mass is 16.7. The van der Waals surface area contributed by atoms with E-state index in [4.69, 9.17) is 9.47 Å². The number of nitrogens with zero attached hydrogens (tertiary/aromatic N) is 1. The Morgan fingerprint density at radius 1 is 1.13 bits per heavy atom. The van der Waals surface area contributed by atoms with Gasteiger partial charge in [0.2, 0.25) is 0 Å². The summed E-state index contributed by atoms with van der Waals surface area (Å²) in [6.45, 7) is 13.8. The molecule has 4 unspecified atom stereocenters. The Kier molecular flexibility index (Phi) is 5.70. The number of hydrogen-bond donors (Lipinski definition) is 0. The summed E-state index contributed by atoms with van der Waals surface area (Å²) in [6.07, 6.45) is 7.72. The van der Waals surface area contributed by atoms with Gasteiger partial charge in [0.05, 0.1) is 12.7 Å². The molecule has 23 heavy (non-hydrogen) atoms. The SMILES string of the molecule is CCC(C)C1CCC2(CC1)OCC(CN1CC(C)CC(C)C1)O2. The molecule has 0 N–H and O–H groups in total. The molecule has 0 aromatic carbocycles. The van der Waals surface area contributed by atoms with Crippen LogP contribution in [-0.2, 0) is 9.47 Å². The average molecular weight is 324 g/mol. The molecule has 2 saturated heterocycles. The van der Waals surface area contributed by atoms with Crippen molar-refractivity contribution < 1.29 is 9.47 Å². The van der Waals surface area contributed by atoms with Crippen LogP contribution in [0.5, 0.6) is 0 Å². The van der Waals surface area contributed by atoms with Gasteiger partial charge in [0, 0.05) is 32.5 Å². The van der Waals surface area contributed by atoms with E-state index in [-0.39, 0.29) is 11.9 Å². The second kappa shape index (κ2) is 7.41. The van der Waals surface area contributed by atoms with Crippen LogP contribution in [0.15, 0.2) is 0 Å². The number of likely N-dealkylation sites (tertiary alicyclic amines) is 1. The van der Waals surface area contributed by atoms with E-state index in [9.17, 15) is 0 Å². The third-order valence-corrected chi connectivity index (χ3v) is 6.56. The van der Waals surface area contributed by atoms with Gasteiger partial charge in [-0.15, -0.1) is 0 Å². The fourth-order valence-electron chi connectivity index (χ4n) is 5.18. The van der Waals surface area contributed by atoms with Crippen LogP contribution in [0.2, 0.25) is 0 Å². The van der Waals surface area contributed by atoms with Crippen LogP contribution < -0.4 is 0 Å². The quantitative estimate of drug-likeness (QED) is 0.769. The van der Waals surface area contributed by atoms with Crippen LogP contribution in [0.4, 0.5) is 0 Å². The van der Waals surface area contributed by atoms with Gasteiger partial charge in [-0.3, -0.25) is 0 Å². The van der Waals surface area contributed by atoms with Crippen molar-refractivity contribution in [1.29, 1.82) is 0 Å². The van der Waals surface area contributed by atoms with Crippen molar-refractivity contribution in [1.82, 2.24) is 4.90 Å². The second-order valence-corrected chi connectivity index (χ2v) is 8.85. The highest BCUT2D eigenvalue weighted by molar-refractivity contribution is 4.88. The molecule has 0 aromatic rings. The molecule has 0 aromatic heterocycles. The molecule has 2 heterocycles. The molecule has 1 aliphatic carbocycles. The molecular formula is C20H37NO2. The summed E-state index contributed by atoms with van der Waals surface area (Å²) in [5, 5.41) is 0. The van der Waals surface area contributed by atoms with E-state index in [0.29, 0.717) is 0 Å². The van der Waals surface area contributed by atoms with Gasteiger partial charge >= 0.3 is 0 Å². The van der Waals surface area contributed by atoms with Crippen molar-refractivity contribution in [2.24, 2.45) is 23.7 Å². The predicted octanol–water partition coefficient (Wildman–Crippen LogP) is 4.31. The van der Waals surface area contributed by atoms with Crippen molar-refractivity contribution in [2.45, 2.75) is 78.1 Å². The zero-order chi connectivity index (χ0) is 16.4. The summed E-state index contributed by atoms with van der Waals surface area (Å²) in [6, 6.07) is 0. The molecule has 0 bridgehead atoms. The molecule has 4 atom stereocenters. The summed E-state index contributed by atoms with van der Waals surface area (Å²) in [5.41, 5.74) is 0. The van der Waals surface area contributed by atoms with Crippen LogP contribution in [0.3, 0.4) is 0 Å². The fourth-order valence-corrected chi connectivity index (χ4v) is 5.18. The van der Waals surface area contributed by atoms with Crippen LogP contribution in [0, 0.1) is 23.7 Å². The monoisotopic (exact) mass is 323 g/mol. The van der Waals surface area contributed by atoms with Crippen LogP contribution in [-0.4, -0.2) is 43.0 Å². The van der Waals surface area contributed by atoms with Gasteiger partial charge in [-0.1, -0.05) is 34.1 Å². The lowest BCUT2D eigenvalue weighted by Crippen LogP contribution is -2.44. The largest absolute Gasteiger partial charge is 0.347 e. The summed E-state index contributed by atoms with van der Waals surface area (Å²) < 4.78 is 12.7. The first kappa shape index (κ1) is 17.7. The van der Waals surface area contributed by atoms with E-state index < -0.39 is 0 Å². The number of hydrogen-bond acceptors (Lipinski definition) is 3. The lowest BCUT2D eigenvalue weighted by atomic mass is 9.77. The normalized spacial score (nSPS) is 43.8. The van der Waals surface area contributed by atoms with Crippen LogP contribution >= 0.6 is 0 Å². The molecule has 0 radical (unpaired) electrons. The average Bonchev–Trinajstić information content (AvgIpc) is 2.88. The Hall–Kier alpha value is -0.120. The van der Waals surface area contributed by atoms with Crippen molar-refractivity contribution in [3.05, 3.63) is 0 Å². The Bertz CT molecular complexity index is 368. The number of piperidine rings is 1. The Morgan fingerprint density at radius 3 is 2.39 bits per heavy atom. The van der Waals surface area contributed by atoms with Crippen molar-refractivity contribution in [3.8, 4) is 0 Å². The second-order valence-electron chi connectivity index (χ2n) is 8.85. The molecule has 1 saturated carbocycles. The highest BCUT2D eigenvalue weighted by Crippen LogP contribution is 2.43. The lowest BCUT2D eigenvalue weighted by molar-refractivity contribution is -0.196. The standard InChI is InChI=1S/C20H37NO2/c1-5-17(4)18-6-8-20(9-7-18)22-14-19(23-20)13-21-11-15(2)10-16(3)12-21/h15-19H,5-14H2,1-4H3. The maximum atomic E-state index is 6.46. The molecule has 0 amide bonds. The van der Waals surface area contributed by atoms with Gasteiger partial charge in [-0.25, -0.2) is 0 Å². The van der Waals surface area contributed by atoms with E-state index in [1.54, 1.807) is 0 Å². The zero-order valence-corrected chi connectivity index (χ0v) is 15.7. The first-order valence-electron chi connectivity index (χ1n) is 10.0. The minimum absolute atomic E-state index is 0.234. The maximum Gasteiger partial charge on any atom is 0.168 e. The van der Waals surface area contributed by atoms with Crippen molar-refractivity contribution in [2.75, 3.05) is 26.2 Å². The first-order valence-corrected chi connectivity index (χ1v) is 10.0. The van der Waals surface area contributed by atoms with Gasteiger partial charge in [-0.05, 0) is 42.9 Å². The Balaban J connectivity index is 1.47. The summed E-state index contributed by atoms with van der Waals surface area (Å²) >= 11 is 0. The maximum absolute atomic E-state index is 6.46. The van der Waals surface area contributed by atoms with Gasteiger partial charge in [0.15, 0.2) is 5.79 Å².